The normalized spacial score (nSPS) is 18.3. The fourth-order valence-electron chi connectivity index (χ4n) is 12.7. The Labute approximate surface area is 541 Å². The van der Waals surface area contributed by atoms with Crippen LogP contribution in [-0.4, -0.2) is 62.8 Å². The second-order valence-corrected chi connectivity index (χ2v) is 28.4. The molecule has 2 amide bonds. The number of nitrogens with zero attached hydrogens (tertiary/aromatic N) is 6. The summed E-state index contributed by atoms with van der Waals surface area (Å²) in [6.07, 6.45) is 43.2. The van der Waals surface area contributed by atoms with Gasteiger partial charge in [-0.25, -0.2) is 13.1 Å². The number of para-hydroxylation sites is 2. The minimum absolute atomic E-state index is 0.168. The smallest absolute Gasteiger partial charge is 0.280 e. The van der Waals surface area contributed by atoms with Gasteiger partial charge in [0.1, 0.15) is 0 Å². The number of allylic oxidation sites excluding steroid dienone is 9. The molecule has 89 heavy (non-hydrogen) atoms. The van der Waals surface area contributed by atoms with Gasteiger partial charge in [0.2, 0.25) is 10.0 Å². The van der Waals surface area contributed by atoms with Crippen LogP contribution >= 0.6 is 11.9 Å². The maximum absolute atomic E-state index is 14.1. The van der Waals surface area contributed by atoms with E-state index in [0.717, 1.165) is 87.3 Å². The van der Waals surface area contributed by atoms with E-state index in [0.29, 0.717) is 40.5 Å². The van der Waals surface area contributed by atoms with E-state index in [-0.39, 0.29) is 27.5 Å². The van der Waals surface area contributed by atoms with E-state index in [1.54, 1.807) is 36.2 Å². The average Bonchev–Trinajstić information content (AvgIpc) is 1.62. The molecular weight excluding hydrogens is 1140 g/mol. The first-order valence-corrected chi connectivity index (χ1v) is 36.2. The van der Waals surface area contributed by atoms with Crippen LogP contribution in [0.3, 0.4) is 0 Å². The zero-order valence-corrected chi connectivity index (χ0v) is 57.2. The SMILES string of the molecule is C=C(/C=C\C(=C/C)SNCCCCCCCCCCCC)N1N=C(C)/C(=C/C=C2/N(CCCCCCN3/C(=C/C=C4\C(=O)N(c5ccc(S(=O)(=O)NCCCCCCCCCCCC)cc5)N=C4C)C(C)(C)c4ccccc43)c3ccccc3C2(C)C)C1=O. The molecule has 12 nitrogen and oxygen atoms in total. The molecule has 0 saturated heterocycles. The number of unbranched alkanes of at least 4 members (excludes halogenated alkanes) is 21. The van der Waals surface area contributed by atoms with E-state index in [1.807, 2.05) is 45.1 Å². The summed E-state index contributed by atoms with van der Waals surface area (Å²) in [5, 5.41) is 12.1. The predicted molar refractivity (Wildman–Crippen MR) is 378 cm³/mol. The number of hydrogen-bond donors (Lipinski definition) is 2. The number of hydrazone groups is 2. The molecule has 0 aliphatic carbocycles. The highest BCUT2D eigenvalue weighted by molar-refractivity contribution is 8.01. The third-order valence-electron chi connectivity index (χ3n) is 18.1. The Morgan fingerprint density at radius 2 is 0.989 bits per heavy atom. The highest BCUT2D eigenvalue weighted by atomic mass is 32.2. The van der Waals surface area contributed by atoms with Crippen LogP contribution in [0, 0.1) is 0 Å². The number of amides is 2. The van der Waals surface area contributed by atoms with Gasteiger partial charge in [0.05, 0.1) is 38.8 Å². The van der Waals surface area contributed by atoms with Crippen LogP contribution in [0.2, 0.25) is 0 Å². The average molecular weight is 1250 g/mol. The summed E-state index contributed by atoms with van der Waals surface area (Å²) in [6, 6.07) is 23.7. The maximum Gasteiger partial charge on any atom is 0.280 e. The number of anilines is 3. The molecule has 2 N–H and O–H groups in total. The van der Waals surface area contributed by atoms with Gasteiger partial charge in [0, 0.05) is 64.7 Å². The first-order valence-electron chi connectivity index (χ1n) is 33.9. The van der Waals surface area contributed by atoms with Crippen molar-refractivity contribution in [3.63, 3.8) is 0 Å². The van der Waals surface area contributed by atoms with Crippen molar-refractivity contribution in [1.82, 2.24) is 14.5 Å². The lowest BCUT2D eigenvalue weighted by Gasteiger charge is -2.28. The molecular formula is C75H106N8O4S2. The van der Waals surface area contributed by atoms with Crippen molar-refractivity contribution in [1.29, 1.82) is 0 Å². The number of benzene rings is 3. The van der Waals surface area contributed by atoms with Crippen molar-refractivity contribution >= 4 is 62.3 Å². The minimum atomic E-state index is -3.69. The molecule has 14 heteroatoms. The Bertz CT molecular complexity index is 3240. The first kappa shape index (κ1) is 70.4. The fraction of sp³-hybridized carbons (Fsp3) is 0.520. The van der Waals surface area contributed by atoms with E-state index >= 15 is 0 Å². The summed E-state index contributed by atoms with van der Waals surface area (Å²) in [6.45, 7) is 26.6. The lowest BCUT2D eigenvalue weighted by Crippen LogP contribution is -2.28. The molecule has 0 bridgehead atoms. The monoisotopic (exact) mass is 1250 g/mol. The van der Waals surface area contributed by atoms with Crippen molar-refractivity contribution in [3.8, 4) is 0 Å². The summed E-state index contributed by atoms with van der Waals surface area (Å²) in [4.78, 5) is 34.2. The molecule has 4 heterocycles. The van der Waals surface area contributed by atoms with Crippen LogP contribution in [0.15, 0.2) is 170 Å². The zero-order chi connectivity index (χ0) is 63.8. The number of carbonyl (C=O) groups excluding carboxylic acids is 2. The van der Waals surface area contributed by atoms with Crippen LogP contribution in [0.4, 0.5) is 17.1 Å². The molecule has 3 aromatic carbocycles. The van der Waals surface area contributed by atoms with Gasteiger partial charge < -0.3 is 9.80 Å². The number of hydrogen-bond acceptors (Lipinski definition) is 10. The van der Waals surface area contributed by atoms with Crippen LogP contribution in [0.1, 0.15) is 228 Å². The van der Waals surface area contributed by atoms with Gasteiger partial charge >= 0.3 is 0 Å². The molecule has 0 atom stereocenters. The summed E-state index contributed by atoms with van der Waals surface area (Å²) in [5.41, 5.74) is 9.95. The van der Waals surface area contributed by atoms with Crippen molar-refractivity contribution in [2.45, 2.75) is 232 Å². The second kappa shape index (κ2) is 34.9. The Morgan fingerprint density at radius 3 is 1.48 bits per heavy atom. The molecule has 3 aromatic rings. The van der Waals surface area contributed by atoms with E-state index in [9.17, 15) is 18.0 Å². The topological polar surface area (TPSA) is 130 Å². The second-order valence-electron chi connectivity index (χ2n) is 25.6. The number of carbonyl (C=O) groups is 2. The number of sulfonamides is 1. The lowest BCUT2D eigenvalue weighted by molar-refractivity contribution is -0.123. The highest BCUT2D eigenvalue weighted by Gasteiger charge is 2.41. The van der Waals surface area contributed by atoms with E-state index < -0.39 is 10.0 Å². The first-order chi connectivity index (χ1) is 43.0. The van der Waals surface area contributed by atoms with Crippen LogP contribution in [0.5, 0.6) is 0 Å². The van der Waals surface area contributed by atoms with Crippen molar-refractivity contribution in [2.24, 2.45) is 10.2 Å². The molecule has 0 aromatic heterocycles. The van der Waals surface area contributed by atoms with Crippen LogP contribution in [-0.2, 0) is 30.4 Å². The van der Waals surface area contributed by atoms with Crippen molar-refractivity contribution in [2.75, 3.05) is 41.0 Å². The molecule has 482 valence electrons. The van der Waals surface area contributed by atoms with E-state index in [1.165, 1.54) is 135 Å². The molecule has 0 fully saturated rings. The minimum Gasteiger partial charge on any atom is -0.344 e. The third kappa shape index (κ3) is 19.0. The molecule has 4 aliphatic rings. The van der Waals surface area contributed by atoms with Gasteiger partial charge in [-0.15, -0.1) is 0 Å². The molecule has 0 unspecified atom stereocenters. The van der Waals surface area contributed by atoms with Gasteiger partial charge in [-0.2, -0.15) is 20.2 Å². The Balaban J connectivity index is 0.912. The van der Waals surface area contributed by atoms with Crippen molar-refractivity contribution in [3.05, 3.63) is 166 Å². The van der Waals surface area contributed by atoms with E-state index in [4.69, 9.17) is 0 Å². The van der Waals surface area contributed by atoms with Gasteiger partial charge in [-0.3, -0.25) is 14.3 Å². The quantitative estimate of drug-likeness (QED) is 0.0250. The Morgan fingerprint density at radius 1 is 0.551 bits per heavy atom. The summed E-state index contributed by atoms with van der Waals surface area (Å²) >= 11 is 1.62. The molecule has 0 spiro atoms. The Kier molecular flexibility index (Phi) is 27.6. The van der Waals surface area contributed by atoms with Crippen LogP contribution < -0.4 is 24.3 Å². The number of rotatable bonds is 39. The van der Waals surface area contributed by atoms with Gasteiger partial charge in [0.25, 0.3) is 11.8 Å². The summed E-state index contributed by atoms with van der Waals surface area (Å²) in [7, 11) is -3.69. The third-order valence-corrected chi connectivity index (χ3v) is 20.5. The van der Waals surface area contributed by atoms with E-state index in [2.05, 4.69) is 144 Å². The fourth-order valence-corrected chi connectivity index (χ4v) is 14.4. The van der Waals surface area contributed by atoms with Crippen molar-refractivity contribution < 1.29 is 18.0 Å². The molecule has 7 rings (SSSR count). The molecule has 0 radical (unpaired) electrons. The summed E-state index contributed by atoms with van der Waals surface area (Å²) < 4.78 is 32.7. The standard InChI is InChI=1S/C75H106N8O4S2/c1-11-14-16-18-20-22-24-26-28-36-54-76-88-62(13-3)47-44-58(4)82-72(84)64(59(5)78-82)50-52-70-74(7,8)66-40-32-34-42-68(66)80(70)56-38-30-31-39-57-81-69-43-35-33-41-67(69)75(9,10)71(81)53-51-65-60(6)79-83(73(65)85)61-45-48-63(49-46-61)89(86,87)77-55-37-29-27-25-23-21-19-17-15-12-2/h13,32-35,40-53,76-77H,4,11-12,14-31,36-39,54-57H2,1-3,5-10H3/b47-44-,62-13+,64-50-,65-51-,70-52+,71-53+. The van der Waals surface area contributed by atoms with Crippen LogP contribution in [0.25, 0.3) is 0 Å². The maximum atomic E-state index is 14.1. The highest BCUT2D eigenvalue weighted by Crippen LogP contribution is 2.49. The molecule has 0 saturated carbocycles. The van der Waals surface area contributed by atoms with Gasteiger partial charge in [0.15, 0.2) is 0 Å². The molecule has 4 aliphatic heterocycles. The number of nitrogens with one attached hydrogen (secondary N) is 2. The zero-order valence-electron chi connectivity index (χ0n) is 55.6. The predicted octanol–water partition coefficient (Wildman–Crippen LogP) is 18.7. The lowest BCUT2D eigenvalue weighted by atomic mass is 9.83. The van der Waals surface area contributed by atoms with Gasteiger partial charge in [-0.1, -0.05) is 219 Å². The van der Waals surface area contributed by atoms with Gasteiger partial charge in [-0.05, 0) is 142 Å². The number of fused-ring (bicyclic) bond motifs is 2. The Hall–Kier alpha value is -6.06. The largest absolute Gasteiger partial charge is 0.344 e. The summed E-state index contributed by atoms with van der Waals surface area (Å²) in [5.74, 6) is -0.433.